The molecule has 3 rings (SSSR count). The number of ether oxygens (including phenoxy) is 1. The molecule has 1 saturated heterocycles. The van der Waals surface area contributed by atoms with Gasteiger partial charge in [-0.1, -0.05) is 12.1 Å². The van der Waals surface area contributed by atoms with Crippen molar-refractivity contribution < 1.29 is 19.1 Å². The number of anilines is 1. The monoisotopic (exact) mass is 388 g/mol. The minimum Gasteiger partial charge on any atom is -0.477 e. The van der Waals surface area contributed by atoms with Crippen LogP contribution < -0.4 is 20.3 Å². The van der Waals surface area contributed by atoms with E-state index in [4.69, 9.17) is 4.74 Å². The smallest absolute Gasteiger partial charge is 0.321 e. The van der Waals surface area contributed by atoms with Gasteiger partial charge in [0.25, 0.3) is 5.91 Å². The van der Waals surface area contributed by atoms with Gasteiger partial charge in [0.05, 0.1) is 18.8 Å². The largest absolute Gasteiger partial charge is 0.477 e. The first kappa shape index (κ1) is 20.0. The van der Waals surface area contributed by atoms with Crippen molar-refractivity contribution in [3.63, 3.8) is 0 Å². The van der Waals surface area contributed by atoms with Crippen LogP contribution in [0.3, 0.4) is 0 Å². The highest BCUT2D eigenvalue weighted by Gasteiger charge is 2.34. The van der Waals surface area contributed by atoms with Crippen LogP contribution in [0, 0.1) is 0 Å². The van der Waals surface area contributed by atoms with E-state index in [1.165, 1.54) is 0 Å². The van der Waals surface area contributed by atoms with Gasteiger partial charge < -0.3 is 19.9 Å². The van der Waals surface area contributed by atoms with Crippen LogP contribution in [-0.4, -0.2) is 61.1 Å². The zero-order valence-corrected chi connectivity index (χ0v) is 16.4. The van der Waals surface area contributed by atoms with Crippen LogP contribution in [0.15, 0.2) is 24.3 Å². The lowest BCUT2D eigenvalue weighted by Crippen LogP contribution is -2.54. The average molecular weight is 388 g/mol. The van der Waals surface area contributed by atoms with Crippen molar-refractivity contribution in [1.82, 2.24) is 15.5 Å². The fraction of sp³-hybridized carbons (Fsp3) is 0.550. The van der Waals surface area contributed by atoms with Crippen molar-refractivity contribution in [3.8, 4) is 5.75 Å². The number of piperidine rings is 1. The van der Waals surface area contributed by atoms with Crippen LogP contribution >= 0.6 is 0 Å². The molecule has 2 heterocycles. The number of carbonyl (C=O) groups excluding carboxylic acids is 3. The summed E-state index contributed by atoms with van der Waals surface area (Å²) in [6, 6.07) is 6.73. The third-order valence-corrected chi connectivity index (χ3v) is 4.81. The molecule has 8 heteroatoms. The molecule has 0 aliphatic carbocycles. The number of rotatable bonds is 4. The first-order chi connectivity index (χ1) is 13.4. The Kier molecular flexibility index (Phi) is 6.38. The van der Waals surface area contributed by atoms with E-state index < -0.39 is 18.0 Å². The van der Waals surface area contributed by atoms with Crippen LogP contribution in [0.4, 0.5) is 10.5 Å². The molecule has 152 valence electrons. The Bertz CT molecular complexity index is 731. The lowest BCUT2D eigenvalue weighted by atomic mass is 10.1. The van der Waals surface area contributed by atoms with E-state index in [0.29, 0.717) is 5.75 Å². The normalized spacial score (nSPS) is 18.9. The number of carbonyl (C=O) groups is 3. The Balaban J connectivity index is 1.69. The van der Waals surface area contributed by atoms with Gasteiger partial charge in [-0.25, -0.2) is 4.79 Å². The van der Waals surface area contributed by atoms with Crippen LogP contribution in [0.5, 0.6) is 5.75 Å². The molecule has 0 saturated carbocycles. The highest BCUT2D eigenvalue weighted by atomic mass is 16.5. The summed E-state index contributed by atoms with van der Waals surface area (Å²) in [6.07, 6.45) is 2.49. The van der Waals surface area contributed by atoms with Gasteiger partial charge in [-0.15, -0.1) is 0 Å². The lowest BCUT2D eigenvalue weighted by molar-refractivity contribution is -0.139. The molecule has 1 aromatic carbocycles. The molecule has 0 spiro atoms. The molecule has 2 aliphatic rings. The van der Waals surface area contributed by atoms with Crippen molar-refractivity contribution in [2.24, 2.45) is 0 Å². The van der Waals surface area contributed by atoms with Crippen LogP contribution in [0.2, 0.25) is 0 Å². The van der Waals surface area contributed by atoms with Crippen molar-refractivity contribution in [3.05, 3.63) is 24.3 Å². The summed E-state index contributed by atoms with van der Waals surface area (Å²) in [5.41, 5.74) is 0.740. The summed E-state index contributed by atoms with van der Waals surface area (Å²) >= 11 is 0. The summed E-state index contributed by atoms with van der Waals surface area (Å²) in [5.74, 6) is 0.0970. The number of amides is 4. The molecule has 1 fully saturated rings. The second kappa shape index (κ2) is 8.95. The maximum atomic E-state index is 12.9. The molecule has 0 unspecified atom stereocenters. The number of nitrogens with zero attached hydrogens (tertiary/aromatic N) is 2. The minimum atomic E-state index is -0.662. The molecule has 8 nitrogen and oxygen atoms in total. The Morgan fingerprint density at radius 1 is 1.14 bits per heavy atom. The van der Waals surface area contributed by atoms with E-state index in [1.807, 2.05) is 36.9 Å². The second-order valence-electron chi connectivity index (χ2n) is 7.52. The van der Waals surface area contributed by atoms with Crippen molar-refractivity contribution >= 4 is 23.5 Å². The summed E-state index contributed by atoms with van der Waals surface area (Å²) in [4.78, 5) is 40.7. The predicted molar refractivity (Wildman–Crippen MR) is 105 cm³/mol. The van der Waals surface area contributed by atoms with E-state index in [-0.39, 0.29) is 25.0 Å². The number of fused-ring (bicyclic) bond motifs is 1. The van der Waals surface area contributed by atoms with Crippen LogP contribution in [0.1, 0.15) is 33.1 Å². The molecule has 1 aromatic rings. The van der Waals surface area contributed by atoms with E-state index in [9.17, 15) is 14.4 Å². The number of urea groups is 1. The first-order valence-electron chi connectivity index (χ1n) is 9.84. The lowest BCUT2D eigenvalue weighted by Gasteiger charge is -2.38. The SMILES string of the molecule is CC(C)NC(=O)NC(=O)CN1C[C@H](C(=O)N2CCCCC2)Oc2ccccc21. The van der Waals surface area contributed by atoms with E-state index in [1.54, 1.807) is 11.0 Å². The average Bonchev–Trinajstić information content (AvgIpc) is 2.67. The van der Waals surface area contributed by atoms with Gasteiger partial charge in [-0.3, -0.25) is 14.9 Å². The molecule has 0 bridgehead atoms. The van der Waals surface area contributed by atoms with Gasteiger partial charge in [0.15, 0.2) is 6.10 Å². The molecule has 0 aromatic heterocycles. The molecule has 28 heavy (non-hydrogen) atoms. The molecular formula is C20H28N4O4. The molecule has 2 aliphatic heterocycles. The van der Waals surface area contributed by atoms with Gasteiger partial charge in [-0.05, 0) is 45.2 Å². The third kappa shape index (κ3) is 4.94. The number of hydrogen-bond donors (Lipinski definition) is 2. The fourth-order valence-corrected chi connectivity index (χ4v) is 3.54. The van der Waals surface area contributed by atoms with Crippen molar-refractivity contribution in [2.45, 2.75) is 45.3 Å². The molecule has 0 radical (unpaired) electrons. The highest BCUT2D eigenvalue weighted by molar-refractivity contribution is 5.97. The maximum Gasteiger partial charge on any atom is 0.321 e. The molecular weight excluding hydrogens is 360 g/mol. The number of benzene rings is 1. The number of nitrogens with one attached hydrogen (secondary N) is 2. The van der Waals surface area contributed by atoms with E-state index >= 15 is 0 Å². The Morgan fingerprint density at radius 2 is 1.86 bits per heavy atom. The van der Waals surface area contributed by atoms with Gasteiger partial charge in [0.2, 0.25) is 5.91 Å². The zero-order chi connectivity index (χ0) is 20.1. The Morgan fingerprint density at radius 3 is 2.57 bits per heavy atom. The maximum absolute atomic E-state index is 12.9. The van der Waals surface area contributed by atoms with Crippen LogP contribution in [-0.2, 0) is 9.59 Å². The minimum absolute atomic E-state index is 0.0321. The van der Waals surface area contributed by atoms with Gasteiger partial charge >= 0.3 is 6.03 Å². The molecule has 4 amide bonds. The van der Waals surface area contributed by atoms with Crippen molar-refractivity contribution in [2.75, 3.05) is 31.1 Å². The number of likely N-dealkylation sites (tertiary alicyclic amines) is 1. The summed E-state index contributed by atoms with van der Waals surface area (Å²) in [6.45, 7) is 5.37. The molecule has 1 atom stereocenters. The third-order valence-electron chi connectivity index (χ3n) is 4.81. The highest BCUT2D eigenvalue weighted by Crippen LogP contribution is 2.33. The first-order valence-corrected chi connectivity index (χ1v) is 9.84. The van der Waals surface area contributed by atoms with Gasteiger partial charge in [0.1, 0.15) is 5.75 Å². The van der Waals surface area contributed by atoms with Gasteiger partial charge in [-0.2, -0.15) is 0 Å². The number of hydrogen-bond acceptors (Lipinski definition) is 5. The van der Waals surface area contributed by atoms with Crippen molar-refractivity contribution in [1.29, 1.82) is 0 Å². The molecule has 2 N–H and O–H groups in total. The number of para-hydroxylation sites is 2. The standard InChI is InChI=1S/C20H28N4O4/c1-14(2)21-20(27)22-18(25)13-24-12-17(19(26)23-10-6-3-7-11-23)28-16-9-5-4-8-15(16)24/h4-5,8-9,14,17H,3,6-7,10-13H2,1-2H3,(H2,21,22,25,27)/t17-/m1/s1. The Labute approximate surface area is 165 Å². The van der Waals surface area contributed by atoms with E-state index in [2.05, 4.69) is 10.6 Å². The second-order valence-corrected chi connectivity index (χ2v) is 7.52. The topological polar surface area (TPSA) is 91.0 Å². The van der Waals surface area contributed by atoms with E-state index in [0.717, 1.165) is 38.0 Å². The summed E-state index contributed by atoms with van der Waals surface area (Å²) in [7, 11) is 0. The van der Waals surface area contributed by atoms with Gasteiger partial charge in [0, 0.05) is 19.1 Å². The quantitative estimate of drug-likeness (QED) is 0.816. The summed E-state index contributed by atoms with van der Waals surface area (Å²) < 4.78 is 5.95. The Hall–Kier alpha value is -2.77. The summed E-state index contributed by atoms with van der Waals surface area (Å²) in [5, 5.41) is 4.96. The van der Waals surface area contributed by atoms with Crippen LogP contribution in [0.25, 0.3) is 0 Å². The predicted octanol–water partition coefficient (Wildman–Crippen LogP) is 1.50. The zero-order valence-electron chi connectivity index (χ0n) is 16.4. The fourth-order valence-electron chi connectivity index (χ4n) is 3.54. The number of imide groups is 1.